The number of rotatable bonds is 2. The van der Waals surface area contributed by atoms with Crippen molar-refractivity contribution in [1.82, 2.24) is 4.90 Å². The highest BCUT2D eigenvalue weighted by Crippen LogP contribution is 2.27. The number of benzene rings is 1. The molecule has 98 valence electrons. The largest absolute Gasteiger partial charge is 0.494 e. The summed E-state index contributed by atoms with van der Waals surface area (Å²) in [7, 11) is 1.39. The smallest absolute Gasteiger partial charge is 0.255 e. The van der Waals surface area contributed by atoms with Crippen LogP contribution in [0, 0.1) is 5.82 Å². The van der Waals surface area contributed by atoms with Gasteiger partial charge in [0.2, 0.25) is 0 Å². The number of piperidine rings is 1. The highest BCUT2D eigenvalue weighted by Gasteiger charge is 2.22. The molecule has 1 heterocycles. The van der Waals surface area contributed by atoms with Crippen LogP contribution in [0.5, 0.6) is 5.75 Å². The fourth-order valence-corrected chi connectivity index (χ4v) is 2.60. The Morgan fingerprint density at radius 3 is 2.61 bits per heavy atom. The molecule has 0 spiro atoms. The third kappa shape index (κ3) is 2.66. The molecule has 0 aromatic heterocycles. The standard InChI is InChI=1S/C13H15BrFNO2/c1-18-12-7-9(10(14)8-11(12)15)13(17)16-5-3-2-4-6-16/h7-8H,2-6H2,1H3. The lowest BCUT2D eigenvalue weighted by Crippen LogP contribution is -2.35. The summed E-state index contributed by atoms with van der Waals surface area (Å²) < 4.78 is 18.8. The van der Waals surface area contributed by atoms with Gasteiger partial charge in [-0.05, 0) is 47.3 Å². The number of halogens is 2. The van der Waals surface area contributed by atoms with E-state index in [-0.39, 0.29) is 11.7 Å². The lowest BCUT2D eigenvalue weighted by atomic mass is 10.1. The number of nitrogens with zero attached hydrogens (tertiary/aromatic N) is 1. The van der Waals surface area contributed by atoms with E-state index in [1.54, 1.807) is 4.90 Å². The zero-order valence-corrected chi connectivity index (χ0v) is 11.8. The van der Waals surface area contributed by atoms with Gasteiger partial charge in [-0.25, -0.2) is 4.39 Å². The molecule has 1 amide bonds. The van der Waals surface area contributed by atoms with Crippen molar-refractivity contribution in [3.05, 3.63) is 28.0 Å². The van der Waals surface area contributed by atoms with E-state index in [1.165, 1.54) is 19.2 Å². The lowest BCUT2D eigenvalue weighted by molar-refractivity contribution is 0.0723. The Hall–Kier alpha value is -1.10. The second-order valence-electron chi connectivity index (χ2n) is 4.32. The summed E-state index contributed by atoms with van der Waals surface area (Å²) in [6, 6.07) is 2.73. The molecule has 5 heteroatoms. The van der Waals surface area contributed by atoms with E-state index in [9.17, 15) is 9.18 Å². The molecule has 0 atom stereocenters. The van der Waals surface area contributed by atoms with E-state index < -0.39 is 5.82 Å². The summed E-state index contributed by atoms with van der Waals surface area (Å²) in [4.78, 5) is 14.1. The van der Waals surface area contributed by atoms with Gasteiger partial charge >= 0.3 is 0 Å². The maximum Gasteiger partial charge on any atom is 0.255 e. The van der Waals surface area contributed by atoms with Crippen LogP contribution in [0.3, 0.4) is 0 Å². The third-order valence-electron chi connectivity index (χ3n) is 3.12. The molecule has 1 aromatic rings. The minimum absolute atomic E-state index is 0.0696. The molecule has 1 aliphatic heterocycles. The van der Waals surface area contributed by atoms with Gasteiger partial charge in [-0.15, -0.1) is 0 Å². The van der Waals surface area contributed by atoms with Crippen molar-refractivity contribution in [3.63, 3.8) is 0 Å². The van der Waals surface area contributed by atoms with Gasteiger partial charge in [0.25, 0.3) is 5.91 Å². The molecule has 18 heavy (non-hydrogen) atoms. The number of amides is 1. The number of hydrogen-bond acceptors (Lipinski definition) is 2. The van der Waals surface area contributed by atoms with Crippen LogP contribution in [0.1, 0.15) is 29.6 Å². The Morgan fingerprint density at radius 1 is 1.33 bits per heavy atom. The van der Waals surface area contributed by atoms with Crippen LogP contribution in [0.4, 0.5) is 4.39 Å². The summed E-state index contributed by atoms with van der Waals surface area (Å²) in [5.41, 5.74) is 0.454. The van der Waals surface area contributed by atoms with Crippen LogP contribution in [0.2, 0.25) is 0 Å². The first-order chi connectivity index (χ1) is 8.63. The summed E-state index contributed by atoms with van der Waals surface area (Å²) in [5, 5.41) is 0. The fourth-order valence-electron chi connectivity index (χ4n) is 2.12. The van der Waals surface area contributed by atoms with Crippen LogP contribution in [0.15, 0.2) is 16.6 Å². The molecular formula is C13H15BrFNO2. The number of hydrogen-bond donors (Lipinski definition) is 0. The second kappa shape index (κ2) is 5.69. The fraction of sp³-hybridized carbons (Fsp3) is 0.462. The Kier molecular flexibility index (Phi) is 4.22. The van der Waals surface area contributed by atoms with Gasteiger partial charge in [0.15, 0.2) is 11.6 Å². The normalized spacial score (nSPS) is 15.6. The quantitative estimate of drug-likeness (QED) is 0.838. The Balaban J connectivity index is 2.28. The molecule has 0 bridgehead atoms. The molecule has 1 aromatic carbocycles. The van der Waals surface area contributed by atoms with Gasteiger partial charge in [0, 0.05) is 17.6 Å². The van der Waals surface area contributed by atoms with Gasteiger partial charge in [-0.3, -0.25) is 4.79 Å². The molecule has 2 rings (SSSR count). The van der Waals surface area contributed by atoms with E-state index in [4.69, 9.17) is 4.74 Å². The van der Waals surface area contributed by atoms with Crippen molar-refractivity contribution in [2.45, 2.75) is 19.3 Å². The molecule has 0 N–H and O–H groups in total. The average molecular weight is 316 g/mol. The maximum absolute atomic E-state index is 13.5. The van der Waals surface area contributed by atoms with Gasteiger partial charge < -0.3 is 9.64 Å². The summed E-state index contributed by atoms with van der Waals surface area (Å²) in [6.07, 6.45) is 3.22. The van der Waals surface area contributed by atoms with Crippen molar-refractivity contribution < 1.29 is 13.9 Å². The predicted molar refractivity (Wildman–Crippen MR) is 70.4 cm³/mol. The van der Waals surface area contributed by atoms with E-state index in [1.807, 2.05) is 0 Å². The van der Waals surface area contributed by atoms with E-state index >= 15 is 0 Å². The first-order valence-corrected chi connectivity index (χ1v) is 6.75. The van der Waals surface area contributed by atoms with Crippen molar-refractivity contribution >= 4 is 21.8 Å². The Bertz CT molecular complexity index is 459. The number of likely N-dealkylation sites (tertiary alicyclic amines) is 1. The van der Waals surface area contributed by atoms with E-state index in [0.717, 1.165) is 32.4 Å². The summed E-state index contributed by atoms with van der Waals surface area (Å²) in [5.74, 6) is -0.446. The summed E-state index contributed by atoms with van der Waals surface area (Å²) in [6.45, 7) is 1.54. The summed E-state index contributed by atoms with van der Waals surface area (Å²) >= 11 is 3.23. The highest BCUT2D eigenvalue weighted by atomic mass is 79.9. The van der Waals surface area contributed by atoms with Crippen molar-refractivity contribution in [1.29, 1.82) is 0 Å². The van der Waals surface area contributed by atoms with Crippen LogP contribution in [-0.2, 0) is 0 Å². The third-order valence-corrected chi connectivity index (χ3v) is 3.77. The average Bonchev–Trinajstić information content (AvgIpc) is 2.39. The monoisotopic (exact) mass is 315 g/mol. The Labute approximate surface area is 114 Å². The molecule has 0 saturated carbocycles. The van der Waals surface area contributed by atoms with Crippen molar-refractivity contribution in [2.24, 2.45) is 0 Å². The zero-order chi connectivity index (χ0) is 13.1. The van der Waals surface area contributed by atoms with Crippen LogP contribution < -0.4 is 4.74 Å². The SMILES string of the molecule is COc1cc(C(=O)N2CCCCC2)c(Br)cc1F. The van der Waals surface area contributed by atoms with Gasteiger partial charge in [-0.2, -0.15) is 0 Å². The predicted octanol–water partition coefficient (Wildman–Crippen LogP) is 3.22. The van der Waals surface area contributed by atoms with Gasteiger partial charge in [-0.1, -0.05) is 0 Å². The van der Waals surface area contributed by atoms with Gasteiger partial charge in [0.1, 0.15) is 0 Å². The molecule has 0 aliphatic carbocycles. The molecule has 0 unspecified atom stereocenters. The topological polar surface area (TPSA) is 29.5 Å². The van der Waals surface area contributed by atoms with Crippen LogP contribution in [0.25, 0.3) is 0 Å². The van der Waals surface area contributed by atoms with Crippen molar-refractivity contribution in [2.75, 3.05) is 20.2 Å². The van der Waals surface area contributed by atoms with Crippen LogP contribution >= 0.6 is 15.9 Å². The van der Waals surface area contributed by atoms with E-state index in [0.29, 0.717) is 10.0 Å². The lowest BCUT2D eigenvalue weighted by Gasteiger charge is -2.27. The minimum atomic E-state index is -0.473. The van der Waals surface area contributed by atoms with Crippen molar-refractivity contribution in [3.8, 4) is 5.75 Å². The number of carbonyl (C=O) groups is 1. The zero-order valence-electron chi connectivity index (χ0n) is 10.2. The molecule has 0 radical (unpaired) electrons. The Morgan fingerprint density at radius 2 is 2.00 bits per heavy atom. The molecular weight excluding hydrogens is 301 g/mol. The molecule has 3 nitrogen and oxygen atoms in total. The molecule has 1 fully saturated rings. The maximum atomic E-state index is 13.5. The van der Waals surface area contributed by atoms with E-state index in [2.05, 4.69) is 15.9 Å². The minimum Gasteiger partial charge on any atom is -0.494 e. The highest BCUT2D eigenvalue weighted by molar-refractivity contribution is 9.10. The first-order valence-electron chi connectivity index (χ1n) is 5.96. The second-order valence-corrected chi connectivity index (χ2v) is 5.17. The molecule has 1 saturated heterocycles. The number of carbonyl (C=O) groups excluding carboxylic acids is 1. The number of ether oxygens (including phenoxy) is 1. The first kappa shape index (κ1) is 13.3. The van der Waals surface area contributed by atoms with Gasteiger partial charge in [0.05, 0.1) is 12.7 Å². The molecule has 1 aliphatic rings. The number of methoxy groups -OCH3 is 1. The van der Waals surface area contributed by atoms with Crippen LogP contribution in [-0.4, -0.2) is 31.0 Å².